The number of aliphatic carboxylic acids is 1. The molecule has 0 saturated carbocycles. The summed E-state index contributed by atoms with van der Waals surface area (Å²) in [5.74, 6) is -0.274. The van der Waals surface area contributed by atoms with Crippen LogP contribution in [0.3, 0.4) is 0 Å². The van der Waals surface area contributed by atoms with Crippen molar-refractivity contribution in [2.75, 3.05) is 6.54 Å². The summed E-state index contributed by atoms with van der Waals surface area (Å²) in [4.78, 5) is 24.5. The Labute approximate surface area is 103 Å². The molecule has 1 aliphatic heterocycles. The van der Waals surface area contributed by atoms with E-state index in [9.17, 15) is 9.59 Å². The average Bonchev–Trinajstić information content (AvgIpc) is 2.65. The second kappa shape index (κ2) is 6.62. The summed E-state index contributed by atoms with van der Waals surface area (Å²) in [6.45, 7) is 4.93. The van der Waals surface area contributed by atoms with Crippen LogP contribution in [-0.2, 0) is 9.59 Å². The quantitative estimate of drug-likeness (QED) is 0.776. The van der Waals surface area contributed by atoms with E-state index in [1.807, 2.05) is 0 Å². The first-order valence-electron chi connectivity index (χ1n) is 6.55. The maximum atomic E-state index is 12.1. The molecule has 1 N–H and O–H groups in total. The Kier molecular flexibility index (Phi) is 5.45. The molecular formula is C13H23NO3. The fraction of sp³-hybridized carbons (Fsp3) is 0.846. The van der Waals surface area contributed by atoms with Gasteiger partial charge in [-0.05, 0) is 18.8 Å². The number of carbonyl (C=O) groups excluding carboxylic acids is 1. The van der Waals surface area contributed by atoms with E-state index in [4.69, 9.17) is 5.11 Å². The van der Waals surface area contributed by atoms with Crippen molar-refractivity contribution >= 4 is 11.9 Å². The first-order valence-corrected chi connectivity index (χ1v) is 6.55. The standard InChI is InChI=1S/C13H23NO3/c1-3-5-10(2)8-12(15)14-7-4-6-11(14)9-13(16)17/h10-11H,3-9H2,1-2H3,(H,16,17). The van der Waals surface area contributed by atoms with Crippen LogP contribution >= 0.6 is 0 Å². The van der Waals surface area contributed by atoms with E-state index in [0.29, 0.717) is 12.3 Å². The van der Waals surface area contributed by atoms with Gasteiger partial charge in [-0.3, -0.25) is 9.59 Å². The number of carboxylic acids is 1. The van der Waals surface area contributed by atoms with Crippen molar-refractivity contribution in [2.45, 2.75) is 58.4 Å². The molecule has 0 aliphatic carbocycles. The molecule has 0 bridgehead atoms. The van der Waals surface area contributed by atoms with Crippen LogP contribution in [0.2, 0.25) is 0 Å². The molecule has 1 heterocycles. The van der Waals surface area contributed by atoms with Gasteiger partial charge in [0.1, 0.15) is 0 Å². The Balaban J connectivity index is 2.46. The van der Waals surface area contributed by atoms with Gasteiger partial charge in [0.25, 0.3) is 0 Å². The van der Waals surface area contributed by atoms with Gasteiger partial charge >= 0.3 is 5.97 Å². The molecule has 98 valence electrons. The van der Waals surface area contributed by atoms with Gasteiger partial charge in [0.15, 0.2) is 0 Å². The lowest BCUT2D eigenvalue weighted by Crippen LogP contribution is -2.37. The van der Waals surface area contributed by atoms with E-state index >= 15 is 0 Å². The summed E-state index contributed by atoms with van der Waals surface area (Å²) >= 11 is 0. The minimum atomic E-state index is -0.809. The normalized spacial score (nSPS) is 21.5. The highest BCUT2D eigenvalue weighted by molar-refractivity contribution is 5.78. The molecule has 4 heteroatoms. The Morgan fingerprint density at radius 2 is 2.18 bits per heavy atom. The highest BCUT2D eigenvalue weighted by Gasteiger charge is 2.30. The fourth-order valence-electron chi connectivity index (χ4n) is 2.59. The lowest BCUT2D eigenvalue weighted by atomic mass is 10.0. The summed E-state index contributed by atoms with van der Waals surface area (Å²) < 4.78 is 0. The molecule has 0 aromatic rings. The van der Waals surface area contributed by atoms with Gasteiger partial charge in [0, 0.05) is 19.0 Å². The third kappa shape index (κ3) is 4.36. The predicted octanol–water partition coefficient (Wildman–Crippen LogP) is 2.28. The SMILES string of the molecule is CCCC(C)CC(=O)N1CCCC1CC(=O)O. The van der Waals surface area contributed by atoms with E-state index in [0.717, 1.165) is 32.2 Å². The van der Waals surface area contributed by atoms with Crippen molar-refractivity contribution in [1.29, 1.82) is 0 Å². The average molecular weight is 241 g/mol. The third-order valence-electron chi connectivity index (χ3n) is 3.41. The summed E-state index contributed by atoms with van der Waals surface area (Å²) in [6.07, 6.45) is 4.57. The largest absolute Gasteiger partial charge is 0.481 e. The Morgan fingerprint density at radius 3 is 2.76 bits per heavy atom. The summed E-state index contributed by atoms with van der Waals surface area (Å²) in [7, 11) is 0. The molecule has 17 heavy (non-hydrogen) atoms. The highest BCUT2D eigenvalue weighted by atomic mass is 16.4. The number of nitrogens with zero attached hydrogens (tertiary/aromatic N) is 1. The maximum Gasteiger partial charge on any atom is 0.305 e. The molecule has 2 atom stereocenters. The van der Waals surface area contributed by atoms with E-state index in [1.54, 1.807) is 4.90 Å². The zero-order valence-electron chi connectivity index (χ0n) is 10.8. The Bertz CT molecular complexity index is 278. The molecule has 1 saturated heterocycles. The zero-order chi connectivity index (χ0) is 12.8. The van der Waals surface area contributed by atoms with Crippen molar-refractivity contribution in [3.63, 3.8) is 0 Å². The number of carboxylic acid groups (broad SMARTS) is 1. The predicted molar refractivity (Wildman–Crippen MR) is 65.7 cm³/mol. The molecule has 0 aromatic heterocycles. The van der Waals surface area contributed by atoms with E-state index in [2.05, 4.69) is 13.8 Å². The van der Waals surface area contributed by atoms with Crippen molar-refractivity contribution in [1.82, 2.24) is 4.90 Å². The van der Waals surface area contributed by atoms with Crippen LogP contribution in [-0.4, -0.2) is 34.5 Å². The molecule has 0 radical (unpaired) electrons. The molecule has 4 nitrogen and oxygen atoms in total. The summed E-state index contributed by atoms with van der Waals surface area (Å²) in [6, 6.07) is -0.0752. The Morgan fingerprint density at radius 1 is 1.47 bits per heavy atom. The number of hydrogen-bond acceptors (Lipinski definition) is 2. The van der Waals surface area contributed by atoms with Gasteiger partial charge < -0.3 is 10.0 Å². The lowest BCUT2D eigenvalue weighted by molar-refractivity contribution is -0.140. The number of rotatable bonds is 6. The van der Waals surface area contributed by atoms with Crippen molar-refractivity contribution in [2.24, 2.45) is 5.92 Å². The minimum Gasteiger partial charge on any atom is -0.481 e. The molecule has 0 spiro atoms. The molecule has 1 amide bonds. The first-order chi connectivity index (χ1) is 8.04. The van der Waals surface area contributed by atoms with E-state index in [1.165, 1.54) is 0 Å². The number of amides is 1. The minimum absolute atomic E-state index is 0.0752. The van der Waals surface area contributed by atoms with Gasteiger partial charge in [-0.1, -0.05) is 26.7 Å². The van der Waals surface area contributed by atoms with Gasteiger partial charge in [-0.2, -0.15) is 0 Å². The topological polar surface area (TPSA) is 57.6 Å². The molecule has 1 aliphatic rings. The number of carbonyl (C=O) groups is 2. The van der Waals surface area contributed by atoms with Gasteiger partial charge in [0.05, 0.1) is 6.42 Å². The van der Waals surface area contributed by atoms with Crippen LogP contribution in [0, 0.1) is 5.92 Å². The van der Waals surface area contributed by atoms with Crippen LogP contribution in [0.4, 0.5) is 0 Å². The molecule has 1 fully saturated rings. The van der Waals surface area contributed by atoms with Crippen LogP contribution in [0.25, 0.3) is 0 Å². The summed E-state index contributed by atoms with van der Waals surface area (Å²) in [5, 5.41) is 8.80. The smallest absolute Gasteiger partial charge is 0.305 e. The van der Waals surface area contributed by atoms with Gasteiger partial charge in [-0.15, -0.1) is 0 Å². The van der Waals surface area contributed by atoms with Crippen molar-refractivity contribution in [3.8, 4) is 0 Å². The van der Waals surface area contributed by atoms with E-state index < -0.39 is 5.97 Å². The third-order valence-corrected chi connectivity index (χ3v) is 3.41. The fourth-order valence-corrected chi connectivity index (χ4v) is 2.59. The molecule has 0 aromatic carbocycles. The zero-order valence-corrected chi connectivity index (χ0v) is 10.8. The lowest BCUT2D eigenvalue weighted by Gasteiger charge is -2.25. The molecular weight excluding hydrogens is 218 g/mol. The van der Waals surface area contributed by atoms with E-state index in [-0.39, 0.29) is 18.4 Å². The van der Waals surface area contributed by atoms with Crippen LogP contribution in [0.15, 0.2) is 0 Å². The first kappa shape index (κ1) is 14.0. The second-order valence-corrected chi connectivity index (χ2v) is 5.08. The second-order valence-electron chi connectivity index (χ2n) is 5.08. The number of hydrogen-bond donors (Lipinski definition) is 1. The van der Waals surface area contributed by atoms with Crippen LogP contribution < -0.4 is 0 Å². The summed E-state index contributed by atoms with van der Waals surface area (Å²) in [5.41, 5.74) is 0. The van der Waals surface area contributed by atoms with Crippen LogP contribution in [0.5, 0.6) is 0 Å². The monoisotopic (exact) mass is 241 g/mol. The highest BCUT2D eigenvalue weighted by Crippen LogP contribution is 2.23. The molecule has 1 rings (SSSR count). The Hall–Kier alpha value is -1.06. The van der Waals surface area contributed by atoms with Crippen molar-refractivity contribution < 1.29 is 14.7 Å². The van der Waals surface area contributed by atoms with Crippen LogP contribution in [0.1, 0.15) is 52.4 Å². The number of likely N-dealkylation sites (tertiary alicyclic amines) is 1. The maximum absolute atomic E-state index is 12.1. The van der Waals surface area contributed by atoms with Crippen molar-refractivity contribution in [3.05, 3.63) is 0 Å². The van der Waals surface area contributed by atoms with Gasteiger partial charge in [-0.25, -0.2) is 0 Å². The van der Waals surface area contributed by atoms with Gasteiger partial charge in [0.2, 0.25) is 5.91 Å². The molecule has 2 unspecified atom stereocenters.